The van der Waals surface area contributed by atoms with E-state index in [1.165, 1.54) is 0 Å². The predicted octanol–water partition coefficient (Wildman–Crippen LogP) is 1.91. The van der Waals surface area contributed by atoms with Crippen LogP contribution in [0.15, 0.2) is 18.2 Å². The van der Waals surface area contributed by atoms with Gasteiger partial charge in [-0.1, -0.05) is 20.8 Å². The second kappa shape index (κ2) is 6.27. The van der Waals surface area contributed by atoms with E-state index < -0.39 is 25.2 Å². The Balaban J connectivity index is 3.00. The smallest absolute Gasteiger partial charge is 0.341 e. The Hall–Kier alpha value is -2.24. The van der Waals surface area contributed by atoms with Crippen molar-refractivity contribution in [1.29, 1.82) is 0 Å². The molecule has 0 spiro atoms. The van der Waals surface area contributed by atoms with Gasteiger partial charge in [-0.3, -0.25) is 0 Å². The number of ether oxygens (including phenoxy) is 2. The summed E-state index contributed by atoms with van der Waals surface area (Å²) in [6, 6.07) is 4.80. The van der Waals surface area contributed by atoms with Gasteiger partial charge in [0.2, 0.25) is 0 Å². The predicted molar refractivity (Wildman–Crippen MR) is 71.4 cm³/mol. The van der Waals surface area contributed by atoms with Crippen molar-refractivity contribution in [3.8, 4) is 11.5 Å². The van der Waals surface area contributed by atoms with Crippen molar-refractivity contribution in [3.05, 3.63) is 23.8 Å². The molecule has 0 radical (unpaired) electrons. The van der Waals surface area contributed by atoms with Crippen molar-refractivity contribution in [2.24, 2.45) is 0 Å². The van der Waals surface area contributed by atoms with E-state index in [9.17, 15) is 9.59 Å². The maximum atomic E-state index is 10.6. The van der Waals surface area contributed by atoms with Gasteiger partial charge in [0.05, 0.1) is 0 Å². The number of rotatable bonds is 6. The Bertz CT molecular complexity index is 501. The second-order valence-electron chi connectivity index (χ2n) is 5.27. The minimum Gasteiger partial charge on any atom is -0.482 e. The fourth-order valence-corrected chi connectivity index (χ4v) is 1.60. The van der Waals surface area contributed by atoms with Gasteiger partial charge in [0.25, 0.3) is 0 Å². The van der Waals surface area contributed by atoms with E-state index in [0.717, 1.165) is 5.56 Å². The van der Waals surface area contributed by atoms with Crippen LogP contribution in [0.4, 0.5) is 0 Å². The maximum Gasteiger partial charge on any atom is 0.341 e. The van der Waals surface area contributed by atoms with Crippen LogP contribution in [0, 0.1) is 0 Å². The Morgan fingerprint density at radius 2 is 1.60 bits per heavy atom. The minimum absolute atomic E-state index is 0.295. The van der Waals surface area contributed by atoms with E-state index in [4.69, 9.17) is 19.7 Å². The molecule has 0 fully saturated rings. The summed E-state index contributed by atoms with van der Waals surface area (Å²) in [5.74, 6) is -1.27. The summed E-state index contributed by atoms with van der Waals surface area (Å²) >= 11 is 0. The molecule has 1 aromatic carbocycles. The molecule has 0 saturated heterocycles. The zero-order chi connectivity index (χ0) is 15.3. The number of carbonyl (C=O) groups is 2. The van der Waals surface area contributed by atoms with Gasteiger partial charge in [0.1, 0.15) is 11.5 Å². The molecule has 110 valence electrons. The van der Waals surface area contributed by atoms with E-state index in [1.807, 2.05) is 20.8 Å². The third-order valence-electron chi connectivity index (χ3n) is 2.47. The summed E-state index contributed by atoms with van der Waals surface area (Å²) in [6.07, 6.45) is 0. The molecule has 1 rings (SSSR count). The third-order valence-corrected chi connectivity index (χ3v) is 2.47. The average molecular weight is 282 g/mol. The molecule has 0 amide bonds. The highest BCUT2D eigenvalue weighted by Crippen LogP contribution is 2.34. The normalized spacial score (nSPS) is 10.9. The molecule has 0 heterocycles. The molecular formula is C14H18O6. The standard InChI is InChI=1S/C14H18O6/c1-14(2,3)10-6-9(19-7-12(15)16)4-5-11(10)20-8-13(17)18/h4-6H,7-8H2,1-3H3,(H,15,16)(H,17,18). The van der Waals surface area contributed by atoms with Crippen LogP contribution in [0.3, 0.4) is 0 Å². The van der Waals surface area contributed by atoms with E-state index in [-0.39, 0.29) is 5.41 Å². The molecule has 0 aliphatic carbocycles. The summed E-state index contributed by atoms with van der Waals surface area (Å²) < 4.78 is 10.3. The van der Waals surface area contributed by atoms with Crippen molar-refractivity contribution in [3.63, 3.8) is 0 Å². The summed E-state index contributed by atoms with van der Waals surface area (Å²) in [5.41, 5.74) is 0.456. The summed E-state index contributed by atoms with van der Waals surface area (Å²) in [5, 5.41) is 17.2. The lowest BCUT2D eigenvalue weighted by molar-refractivity contribution is -0.140. The first kappa shape index (κ1) is 15.8. The first-order valence-corrected chi connectivity index (χ1v) is 6.04. The van der Waals surface area contributed by atoms with Crippen LogP contribution in [0.2, 0.25) is 0 Å². The fourth-order valence-electron chi connectivity index (χ4n) is 1.60. The topological polar surface area (TPSA) is 93.1 Å². The van der Waals surface area contributed by atoms with E-state index in [1.54, 1.807) is 18.2 Å². The summed E-state index contributed by atoms with van der Waals surface area (Å²) in [6.45, 7) is 4.96. The quantitative estimate of drug-likeness (QED) is 0.828. The Morgan fingerprint density at radius 1 is 1.05 bits per heavy atom. The SMILES string of the molecule is CC(C)(C)c1cc(OCC(=O)O)ccc1OCC(=O)O. The molecule has 6 heteroatoms. The molecule has 1 aromatic rings. The molecule has 20 heavy (non-hydrogen) atoms. The summed E-state index contributed by atoms with van der Waals surface area (Å²) in [7, 11) is 0. The lowest BCUT2D eigenvalue weighted by atomic mass is 9.86. The zero-order valence-electron chi connectivity index (χ0n) is 11.7. The van der Waals surface area contributed by atoms with Gasteiger partial charge in [-0.2, -0.15) is 0 Å². The molecule has 6 nitrogen and oxygen atoms in total. The van der Waals surface area contributed by atoms with Crippen molar-refractivity contribution in [2.45, 2.75) is 26.2 Å². The number of carboxylic acids is 2. The Morgan fingerprint density at radius 3 is 2.10 bits per heavy atom. The van der Waals surface area contributed by atoms with Gasteiger partial charge in [0.15, 0.2) is 13.2 Å². The van der Waals surface area contributed by atoms with Crippen molar-refractivity contribution < 1.29 is 29.3 Å². The molecule has 0 bridgehead atoms. The number of hydrogen-bond acceptors (Lipinski definition) is 4. The number of benzene rings is 1. The number of aliphatic carboxylic acids is 2. The molecule has 0 saturated carbocycles. The van der Waals surface area contributed by atoms with Crippen LogP contribution >= 0.6 is 0 Å². The van der Waals surface area contributed by atoms with Gasteiger partial charge in [-0.05, 0) is 23.6 Å². The summed E-state index contributed by atoms with van der Waals surface area (Å²) in [4.78, 5) is 21.0. The molecular weight excluding hydrogens is 264 g/mol. The van der Waals surface area contributed by atoms with Crippen molar-refractivity contribution in [1.82, 2.24) is 0 Å². The van der Waals surface area contributed by atoms with E-state index in [2.05, 4.69) is 0 Å². The molecule has 0 unspecified atom stereocenters. The highest BCUT2D eigenvalue weighted by Gasteiger charge is 2.20. The van der Waals surface area contributed by atoms with Gasteiger partial charge in [0, 0.05) is 5.56 Å². The average Bonchev–Trinajstić information content (AvgIpc) is 2.33. The lowest BCUT2D eigenvalue weighted by Gasteiger charge is -2.23. The fraction of sp³-hybridized carbons (Fsp3) is 0.429. The first-order chi connectivity index (χ1) is 9.20. The monoisotopic (exact) mass is 282 g/mol. The molecule has 0 aliphatic rings. The highest BCUT2D eigenvalue weighted by atomic mass is 16.5. The minimum atomic E-state index is -1.06. The van der Waals surface area contributed by atoms with Crippen LogP contribution in [0.5, 0.6) is 11.5 Å². The van der Waals surface area contributed by atoms with Gasteiger partial charge in [-0.15, -0.1) is 0 Å². The largest absolute Gasteiger partial charge is 0.482 e. The molecule has 2 N–H and O–H groups in total. The van der Waals surface area contributed by atoms with Crippen molar-refractivity contribution >= 4 is 11.9 Å². The third kappa shape index (κ3) is 4.79. The highest BCUT2D eigenvalue weighted by molar-refractivity contribution is 5.69. The van der Waals surface area contributed by atoms with Crippen LogP contribution in [0.1, 0.15) is 26.3 Å². The Labute approximate surface area is 116 Å². The maximum absolute atomic E-state index is 10.6. The van der Waals surface area contributed by atoms with Crippen LogP contribution < -0.4 is 9.47 Å². The molecule has 0 atom stereocenters. The first-order valence-electron chi connectivity index (χ1n) is 6.04. The number of carboxylic acid groups (broad SMARTS) is 2. The van der Waals surface area contributed by atoms with E-state index in [0.29, 0.717) is 11.5 Å². The van der Waals surface area contributed by atoms with Crippen LogP contribution in [-0.2, 0) is 15.0 Å². The van der Waals surface area contributed by atoms with Gasteiger partial charge < -0.3 is 19.7 Å². The Kier molecular flexibility index (Phi) is 4.96. The van der Waals surface area contributed by atoms with Gasteiger partial charge >= 0.3 is 11.9 Å². The molecule has 0 aromatic heterocycles. The molecule has 0 aliphatic heterocycles. The second-order valence-corrected chi connectivity index (χ2v) is 5.27. The van der Waals surface area contributed by atoms with Crippen LogP contribution in [-0.4, -0.2) is 35.4 Å². The lowest BCUT2D eigenvalue weighted by Crippen LogP contribution is -2.17. The van der Waals surface area contributed by atoms with Crippen LogP contribution in [0.25, 0.3) is 0 Å². The number of hydrogen-bond donors (Lipinski definition) is 2. The zero-order valence-corrected chi connectivity index (χ0v) is 11.7. The van der Waals surface area contributed by atoms with Gasteiger partial charge in [-0.25, -0.2) is 9.59 Å². The van der Waals surface area contributed by atoms with Crippen molar-refractivity contribution in [2.75, 3.05) is 13.2 Å². The van der Waals surface area contributed by atoms with E-state index >= 15 is 0 Å².